The fraction of sp³-hybridized carbons (Fsp3) is 0.375. The Morgan fingerprint density at radius 1 is 0.969 bits per heavy atom. The summed E-state index contributed by atoms with van der Waals surface area (Å²) in [5, 5.41) is 0.784. The first-order valence-corrected chi connectivity index (χ1v) is 10.6. The van der Waals surface area contributed by atoms with Crippen LogP contribution in [0.25, 0.3) is 0 Å². The quantitative estimate of drug-likeness (QED) is 0.524. The van der Waals surface area contributed by atoms with Crippen molar-refractivity contribution in [2.75, 3.05) is 19.8 Å². The molecule has 0 spiro atoms. The number of fused-ring (bicyclic) bond motifs is 2. The zero-order valence-electron chi connectivity index (χ0n) is 18.4. The first-order valence-electron chi connectivity index (χ1n) is 10.6. The highest BCUT2D eigenvalue weighted by Gasteiger charge is 2.36. The molecule has 0 radical (unpaired) electrons. The van der Waals surface area contributed by atoms with Crippen LogP contribution in [0, 0.1) is 0 Å². The average Bonchev–Trinajstić information content (AvgIpc) is 3.00. The predicted octanol–water partition coefficient (Wildman–Crippen LogP) is 3.59. The van der Waals surface area contributed by atoms with Crippen LogP contribution < -0.4 is 4.74 Å². The number of imide groups is 1. The summed E-state index contributed by atoms with van der Waals surface area (Å²) in [4.78, 5) is 44.0. The molecule has 0 N–H and O–H groups in total. The largest absolute Gasteiger partial charge is 0.491 e. The van der Waals surface area contributed by atoms with E-state index in [4.69, 9.17) is 14.3 Å². The molecule has 32 heavy (non-hydrogen) atoms. The molecule has 2 aliphatic rings. The van der Waals surface area contributed by atoms with Crippen molar-refractivity contribution in [2.24, 2.45) is 0 Å². The zero-order valence-corrected chi connectivity index (χ0v) is 18.4. The molecule has 2 aromatic carbocycles. The molecule has 8 heteroatoms. The van der Waals surface area contributed by atoms with Crippen LogP contribution in [0.2, 0.25) is 0 Å². The third kappa shape index (κ3) is 4.60. The van der Waals surface area contributed by atoms with Gasteiger partial charge in [-0.05, 0) is 62.6 Å². The number of carbonyl (C=O) groups excluding carboxylic acids is 3. The van der Waals surface area contributed by atoms with Crippen LogP contribution in [0.4, 0.5) is 4.79 Å². The average molecular weight is 438 g/mol. The molecule has 0 aliphatic carbocycles. The highest BCUT2D eigenvalue weighted by atomic mass is 16.7. The van der Waals surface area contributed by atoms with E-state index < -0.39 is 17.4 Å². The van der Waals surface area contributed by atoms with Gasteiger partial charge in [0.2, 0.25) is 0 Å². The highest BCUT2D eigenvalue weighted by molar-refractivity contribution is 6.20. The highest BCUT2D eigenvalue weighted by Crippen LogP contribution is 2.26. The summed E-state index contributed by atoms with van der Waals surface area (Å²) in [6, 6.07) is 12.3. The fourth-order valence-electron chi connectivity index (χ4n) is 3.67. The lowest BCUT2D eigenvalue weighted by Crippen LogP contribution is -2.39. The van der Waals surface area contributed by atoms with Gasteiger partial charge in [0, 0.05) is 13.1 Å². The maximum atomic E-state index is 12.3. The molecule has 3 amide bonds. The van der Waals surface area contributed by atoms with Gasteiger partial charge in [-0.3, -0.25) is 14.4 Å². The van der Waals surface area contributed by atoms with Crippen molar-refractivity contribution >= 4 is 17.9 Å². The van der Waals surface area contributed by atoms with Gasteiger partial charge in [-0.2, -0.15) is 0 Å². The summed E-state index contributed by atoms with van der Waals surface area (Å²) >= 11 is 0. The van der Waals surface area contributed by atoms with Gasteiger partial charge in [-0.25, -0.2) is 4.79 Å². The monoisotopic (exact) mass is 438 g/mol. The van der Waals surface area contributed by atoms with E-state index in [2.05, 4.69) is 0 Å². The van der Waals surface area contributed by atoms with E-state index in [1.54, 1.807) is 29.2 Å². The van der Waals surface area contributed by atoms with Crippen molar-refractivity contribution in [1.29, 1.82) is 0 Å². The van der Waals surface area contributed by atoms with E-state index in [0.717, 1.165) is 16.2 Å². The molecular formula is C24H26N2O6. The Hall–Kier alpha value is -3.39. The van der Waals surface area contributed by atoms with Crippen molar-refractivity contribution in [3.05, 3.63) is 64.7 Å². The molecule has 0 bridgehead atoms. The molecule has 168 valence electrons. The van der Waals surface area contributed by atoms with Crippen LogP contribution in [0.1, 0.15) is 52.6 Å². The number of benzene rings is 2. The van der Waals surface area contributed by atoms with Crippen LogP contribution in [-0.4, -0.2) is 53.2 Å². The number of nitrogens with zero attached hydrogens (tertiary/aromatic N) is 2. The number of amides is 3. The summed E-state index contributed by atoms with van der Waals surface area (Å²) in [6.45, 7) is 6.85. The first-order chi connectivity index (χ1) is 15.2. The van der Waals surface area contributed by atoms with Gasteiger partial charge < -0.3 is 14.4 Å². The van der Waals surface area contributed by atoms with E-state index in [0.29, 0.717) is 36.4 Å². The fourth-order valence-corrected chi connectivity index (χ4v) is 3.67. The molecular weight excluding hydrogens is 412 g/mol. The molecule has 4 rings (SSSR count). The van der Waals surface area contributed by atoms with Gasteiger partial charge in [0.25, 0.3) is 11.8 Å². The minimum absolute atomic E-state index is 0.0506. The second-order valence-corrected chi connectivity index (χ2v) is 8.71. The van der Waals surface area contributed by atoms with Crippen molar-refractivity contribution in [3.8, 4) is 5.75 Å². The van der Waals surface area contributed by atoms with Crippen molar-refractivity contribution in [2.45, 2.75) is 39.3 Å². The second-order valence-electron chi connectivity index (χ2n) is 8.71. The van der Waals surface area contributed by atoms with Gasteiger partial charge in [-0.1, -0.05) is 18.2 Å². The Labute approximate surface area is 186 Å². The molecule has 0 aromatic heterocycles. The van der Waals surface area contributed by atoms with Crippen molar-refractivity contribution in [1.82, 2.24) is 9.96 Å². The molecule has 2 aromatic rings. The Balaban J connectivity index is 1.28. The number of carbonyl (C=O) groups is 3. The number of hydrogen-bond acceptors (Lipinski definition) is 6. The lowest BCUT2D eigenvalue weighted by molar-refractivity contribution is -0.0976. The molecule has 0 saturated heterocycles. The van der Waals surface area contributed by atoms with Crippen LogP contribution >= 0.6 is 0 Å². The Morgan fingerprint density at radius 3 is 2.31 bits per heavy atom. The van der Waals surface area contributed by atoms with E-state index in [1.807, 2.05) is 39.0 Å². The molecule has 0 fully saturated rings. The lowest BCUT2D eigenvalue weighted by atomic mass is 10.00. The Bertz CT molecular complexity index is 1020. The Morgan fingerprint density at radius 2 is 1.66 bits per heavy atom. The van der Waals surface area contributed by atoms with Gasteiger partial charge in [-0.15, -0.1) is 5.06 Å². The summed E-state index contributed by atoms with van der Waals surface area (Å²) in [5.74, 6) is -0.261. The topological polar surface area (TPSA) is 85.4 Å². The normalized spacial score (nSPS) is 15.5. The summed E-state index contributed by atoms with van der Waals surface area (Å²) in [7, 11) is 0. The number of ether oxygens (including phenoxy) is 2. The number of hydroxylamine groups is 2. The van der Waals surface area contributed by atoms with Gasteiger partial charge >= 0.3 is 6.09 Å². The second kappa shape index (κ2) is 8.63. The third-order valence-corrected chi connectivity index (χ3v) is 5.17. The zero-order chi connectivity index (χ0) is 22.9. The number of rotatable bonds is 5. The standard InChI is InChI=1S/C24H26N2O6/c1-24(2,3)32-23(29)25-11-10-16-14-18(9-8-17(16)15-25)30-12-13-31-26-21(27)19-6-4-5-7-20(19)22(26)28/h4-9,14H,10-13,15H2,1-3H3. The van der Waals surface area contributed by atoms with E-state index in [-0.39, 0.29) is 19.3 Å². The van der Waals surface area contributed by atoms with Gasteiger partial charge in [0.15, 0.2) is 0 Å². The lowest BCUT2D eigenvalue weighted by Gasteiger charge is -2.31. The first kappa shape index (κ1) is 21.8. The van der Waals surface area contributed by atoms with Crippen LogP contribution in [0.15, 0.2) is 42.5 Å². The van der Waals surface area contributed by atoms with E-state index in [1.165, 1.54) is 0 Å². The van der Waals surface area contributed by atoms with Gasteiger partial charge in [0.1, 0.15) is 24.6 Å². The van der Waals surface area contributed by atoms with Crippen LogP contribution in [0.3, 0.4) is 0 Å². The molecule has 8 nitrogen and oxygen atoms in total. The molecule has 0 saturated carbocycles. The van der Waals surface area contributed by atoms with E-state index in [9.17, 15) is 14.4 Å². The molecule has 0 atom stereocenters. The molecule has 0 unspecified atom stereocenters. The van der Waals surface area contributed by atoms with Crippen LogP contribution in [0.5, 0.6) is 5.75 Å². The molecule has 2 heterocycles. The van der Waals surface area contributed by atoms with Gasteiger partial charge in [0.05, 0.1) is 11.1 Å². The summed E-state index contributed by atoms with van der Waals surface area (Å²) in [6.07, 6.45) is 0.394. The minimum atomic E-state index is -0.524. The predicted molar refractivity (Wildman–Crippen MR) is 115 cm³/mol. The molecule has 2 aliphatic heterocycles. The van der Waals surface area contributed by atoms with Crippen LogP contribution in [-0.2, 0) is 22.5 Å². The smallest absolute Gasteiger partial charge is 0.410 e. The maximum absolute atomic E-state index is 12.3. The van der Waals surface area contributed by atoms with E-state index >= 15 is 0 Å². The Kier molecular flexibility index (Phi) is 5.88. The summed E-state index contributed by atoms with van der Waals surface area (Å²) < 4.78 is 11.2. The number of hydrogen-bond donors (Lipinski definition) is 0. The third-order valence-electron chi connectivity index (χ3n) is 5.17. The SMILES string of the molecule is CC(C)(C)OC(=O)N1CCc2cc(OCCON3C(=O)c4ccccc4C3=O)ccc2C1. The minimum Gasteiger partial charge on any atom is -0.491 e. The summed E-state index contributed by atoms with van der Waals surface area (Å²) in [5.41, 5.74) is 2.33. The van der Waals surface area contributed by atoms with Crippen molar-refractivity contribution in [3.63, 3.8) is 0 Å². The maximum Gasteiger partial charge on any atom is 0.410 e. The van der Waals surface area contributed by atoms with Crippen molar-refractivity contribution < 1.29 is 28.7 Å².